The normalized spacial score (nSPS) is 19.0. The number of aromatic nitrogens is 3. The van der Waals surface area contributed by atoms with Crippen LogP contribution in [0.3, 0.4) is 0 Å². The molecule has 3 rings (SSSR count). The summed E-state index contributed by atoms with van der Waals surface area (Å²) in [5.41, 5.74) is 1.80. The van der Waals surface area contributed by atoms with Gasteiger partial charge < -0.3 is 9.88 Å². The third-order valence-corrected chi connectivity index (χ3v) is 7.01. The minimum absolute atomic E-state index is 0.113. The average Bonchev–Trinajstić information content (AvgIpc) is 3.10. The predicted octanol–water partition coefficient (Wildman–Crippen LogP) is 1.76. The third kappa shape index (κ3) is 4.21. The Morgan fingerprint density at radius 1 is 1.36 bits per heavy atom. The van der Waals surface area contributed by atoms with Gasteiger partial charge in [-0.25, -0.2) is 8.42 Å². The maximum absolute atomic E-state index is 12.1. The maximum atomic E-state index is 12.1. The second kappa shape index (κ2) is 7.17. The number of amides is 1. The molecule has 1 amide bonds. The third-order valence-electron chi connectivity index (χ3n) is 4.22. The number of aryl methyl sites for hydroxylation is 1. The highest BCUT2D eigenvalue weighted by Crippen LogP contribution is 2.29. The minimum Gasteiger partial charge on any atom is -0.325 e. The number of hydrogen-bond acceptors (Lipinski definition) is 6. The summed E-state index contributed by atoms with van der Waals surface area (Å²) in [7, 11) is -1.16. The Hall–Kier alpha value is -1.87. The summed E-state index contributed by atoms with van der Waals surface area (Å²) in [4.78, 5) is 12.1. The number of anilines is 1. The molecule has 1 aromatic heterocycles. The quantitative estimate of drug-likeness (QED) is 0.795. The van der Waals surface area contributed by atoms with Crippen LogP contribution in [-0.2, 0) is 21.7 Å². The number of sulfone groups is 1. The van der Waals surface area contributed by atoms with E-state index in [1.165, 1.54) is 11.8 Å². The van der Waals surface area contributed by atoms with Crippen LogP contribution in [0.25, 0.3) is 0 Å². The van der Waals surface area contributed by atoms with Gasteiger partial charge in [-0.15, -0.1) is 10.2 Å². The van der Waals surface area contributed by atoms with Crippen molar-refractivity contribution in [2.24, 2.45) is 7.05 Å². The molecule has 9 heteroatoms. The fourth-order valence-electron chi connectivity index (χ4n) is 2.84. The zero-order valence-electron chi connectivity index (χ0n) is 14.1. The first-order valence-electron chi connectivity index (χ1n) is 7.94. The van der Waals surface area contributed by atoms with Crippen LogP contribution in [0, 0.1) is 6.92 Å². The van der Waals surface area contributed by atoms with E-state index in [1.54, 1.807) is 4.57 Å². The van der Waals surface area contributed by atoms with Gasteiger partial charge in [0.25, 0.3) is 0 Å². The summed E-state index contributed by atoms with van der Waals surface area (Å²) in [6.07, 6.45) is 0.576. The molecule has 1 aromatic carbocycles. The first kappa shape index (κ1) is 17.9. The van der Waals surface area contributed by atoms with E-state index >= 15 is 0 Å². The van der Waals surface area contributed by atoms with Crippen molar-refractivity contribution in [3.63, 3.8) is 0 Å². The topological polar surface area (TPSA) is 94.0 Å². The van der Waals surface area contributed by atoms with E-state index in [9.17, 15) is 13.2 Å². The van der Waals surface area contributed by atoms with E-state index in [0.29, 0.717) is 17.4 Å². The number of benzene rings is 1. The Kier molecular flexibility index (Phi) is 5.14. The Bertz CT molecular complexity index is 893. The summed E-state index contributed by atoms with van der Waals surface area (Å²) in [5.74, 6) is 0.972. The molecule has 0 radical (unpaired) electrons. The summed E-state index contributed by atoms with van der Waals surface area (Å²) in [5, 5.41) is 11.7. The van der Waals surface area contributed by atoms with Crippen LogP contribution < -0.4 is 5.32 Å². The van der Waals surface area contributed by atoms with Crippen LogP contribution in [0.1, 0.15) is 23.7 Å². The molecule has 1 fully saturated rings. The van der Waals surface area contributed by atoms with Crippen LogP contribution in [0.2, 0.25) is 0 Å². The molecule has 0 aliphatic carbocycles. The van der Waals surface area contributed by atoms with Gasteiger partial charge in [-0.2, -0.15) is 0 Å². The van der Waals surface area contributed by atoms with Crippen molar-refractivity contribution in [1.82, 2.24) is 14.8 Å². The van der Waals surface area contributed by atoms with Crippen molar-refractivity contribution in [2.45, 2.75) is 24.4 Å². The molecular formula is C16H20N4O3S2. The minimum atomic E-state index is -2.97. The van der Waals surface area contributed by atoms with Crippen LogP contribution in [0.5, 0.6) is 0 Å². The van der Waals surface area contributed by atoms with E-state index < -0.39 is 9.84 Å². The molecule has 134 valence electrons. The summed E-state index contributed by atoms with van der Waals surface area (Å²) in [6.45, 7) is 1.94. The van der Waals surface area contributed by atoms with Crippen molar-refractivity contribution in [1.29, 1.82) is 0 Å². The van der Waals surface area contributed by atoms with Crippen LogP contribution in [0.15, 0.2) is 29.4 Å². The van der Waals surface area contributed by atoms with Crippen molar-refractivity contribution in [3.05, 3.63) is 35.7 Å². The molecule has 0 bridgehead atoms. The molecule has 0 saturated carbocycles. The Morgan fingerprint density at radius 2 is 2.12 bits per heavy atom. The fraction of sp³-hybridized carbons (Fsp3) is 0.438. The molecule has 1 aliphatic rings. The van der Waals surface area contributed by atoms with Crippen molar-refractivity contribution >= 4 is 33.2 Å². The highest BCUT2D eigenvalue weighted by atomic mass is 32.2. The second-order valence-electron chi connectivity index (χ2n) is 6.15. The van der Waals surface area contributed by atoms with E-state index in [4.69, 9.17) is 0 Å². The number of para-hydroxylation sites is 1. The molecule has 7 nitrogen and oxygen atoms in total. The average molecular weight is 380 g/mol. The van der Waals surface area contributed by atoms with Gasteiger partial charge in [0.1, 0.15) is 5.82 Å². The number of nitrogens with zero attached hydrogens (tertiary/aromatic N) is 3. The van der Waals surface area contributed by atoms with E-state index in [2.05, 4.69) is 15.5 Å². The summed E-state index contributed by atoms with van der Waals surface area (Å²) >= 11 is 1.29. The van der Waals surface area contributed by atoms with Crippen LogP contribution in [-0.4, -0.2) is 46.3 Å². The molecule has 0 spiro atoms. The second-order valence-corrected chi connectivity index (χ2v) is 9.32. The number of rotatable bonds is 5. The fourth-order valence-corrected chi connectivity index (χ4v) is 5.29. The zero-order chi connectivity index (χ0) is 18.0. The van der Waals surface area contributed by atoms with Gasteiger partial charge in [-0.3, -0.25) is 4.79 Å². The molecular weight excluding hydrogens is 360 g/mol. The highest BCUT2D eigenvalue weighted by Gasteiger charge is 2.32. The van der Waals surface area contributed by atoms with E-state index in [1.807, 2.05) is 38.2 Å². The maximum Gasteiger partial charge on any atom is 0.234 e. The molecule has 1 aliphatic heterocycles. The molecule has 1 atom stereocenters. The van der Waals surface area contributed by atoms with Gasteiger partial charge >= 0.3 is 0 Å². The molecule has 1 saturated heterocycles. The lowest BCUT2D eigenvalue weighted by Crippen LogP contribution is -2.15. The smallest absolute Gasteiger partial charge is 0.234 e. The summed E-state index contributed by atoms with van der Waals surface area (Å²) < 4.78 is 25.1. The van der Waals surface area contributed by atoms with Crippen molar-refractivity contribution in [3.8, 4) is 0 Å². The predicted molar refractivity (Wildman–Crippen MR) is 97.5 cm³/mol. The SMILES string of the molecule is Cc1ccccc1NC(=O)CSc1nnc([C@@H]2CCS(=O)(=O)C2)n1C. The van der Waals surface area contributed by atoms with Crippen molar-refractivity contribution in [2.75, 3.05) is 22.6 Å². The number of nitrogens with one attached hydrogen (secondary N) is 1. The van der Waals surface area contributed by atoms with Gasteiger partial charge in [0.2, 0.25) is 5.91 Å². The zero-order valence-corrected chi connectivity index (χ0v) is 15.7. The van der Waals surface area contributed by atoms with Crippen LogP contribution >= 0.6 is 11.8 Å². The lowest BCUT2D eigenvalue weighted by Gasteiger charge is -2.09. The number of thioether (sulfide) groups is 1. The van der Waals surface area contributed by atoms with Crippen LogP contribution in [0.4, 0.5) is 5.69 Å². The lowest BCUT2D eigenvalue weighted by molar-refractivity contribution is -0.113. The van der Waals surface area contributed by atoms with Gasteiger partial charge in [0.15, 0.2) is 15.0 Å². The molecule has 0 unspecified atom stereocenters. The van der Waals surface area contributed by atoms with Gasteiger partial charge in [0, 0.05) is 18.7 Å². The Balaban J connectivity index is 1.61. The lowest BCUT2D eigenvalue weighted by atomic mass is 10.1. The van der Waals surface area contributed by atoms with E-state index in [-0.39, 0.29) is 29.1 Å². The first-order valence-corrected chi connectivity index (χ1v) is 10.7. The molecule has 25 heavy (non-hydrogen) atoms. The standard InChI is InChI=1S/C16H20N4O3S2/c1-11-5-3-4-6-13(11)17-14(21)9-24-16-19-18-15(20(16)2)12-7-8-25(22,23)10-12/h3-6,12H,7-10H2,1-2H3,(H,17,21)/t12-/m1/s1. The van der Waals surface area contributed by atoms with Gasteiger partial charge in [0.05, 0.1) is 17.3 Å². The Morgan fingerprint density at radius 3 is 2.80 bits per heavy atom. The first-order chi connectivity index (χ1) is 11.9. The number of carbonyl (C=O) groups is 1. The molecule has 2 heterocycles. The van der Waals surface area contributed by atoms with E-state index in [0.717, 1.165) is 11.3 Å². The van der Waals surface area contributed by atoms with Gasteiger partial charge in [-0.1, -0.05) is 30.0 Å². The highest BCUT2D eigenvalue weighted by molar-refractivity contribution is 7.99. The summed E-state index contributed by atoms with van der Waals surface area (Å²) in [6, 6.07) is 7.59. The number of hydrogen-bond donors (Lipinski definition) is 1. The van der Waals surface area contributed by atoms with Gasteiger partial charge in [-0.05, 0) is 25.0 Å². The monoisotopic (exact) mass is 380 g/mol. The molecule has 2 aromatic rings. The Labute approximate surface area is 151 Å². The largest absolute Gasteiger partial charge is 0.325 e. The molecule has 1 N–H and O–H groups in total. The van der Waals surface area contributed by atoms with Crippen molar-refractivity contribution < 1.29 is 13.2 Å². The number of carbonyl (C=O) groups excluding carboxylic acids is 1.